The van der Waals surface area contributed by atoms with Gasteiger partial charge >= 0.3 is 11.9 Å². The summed E-state index contributed by atoms with van der Waals surface area (Å²) in [5.74, 6) is -1.59. The predicted molar refractivity (Wildman–Crippen MR) is 101 cm³/mol. The monoisotopic (exact) mass is 354 g/mol. The highest BCUT2D eigenvalue weighted by Crippen LogP contribution is 2.37. The van der Waals surface area contributed by atoms with Crippen LogP contribution in [0.5, 0.6) is 0 Å². The first-order valence-electron chi connectivity index (χ1n) is 9.13. The van der Waals surface area contributed by atoms with E-state index in [1.807, 2.05) is 60.7 Å². The van der Waals surface area contributed by atoms with Crippen LogP contribution in [0.2, 0.25) is 0 Å². The Morgan fingerprint density at radius 1 is 0.692 bits per heavy atom. The van der Waals surface area contributed by atoms with Crippen LogP contribution in [0, 0.1) is 0 Å². The number of carboxylic acid groups (broad SMARTS) is 2. The third-order valence-corrected chi connectivity index (χ3v) is 4.84. The van der Waals surface area contributed by atoms with Crippen molar-refractivity contribution in [3.8, 4) is 0 Å². The van der Waals surface area contributed by atoms with Gasteiger partial charge in [-0.1, -0.05) is 86.3 Å². The summed E-state index contributed by atoms with van der Waals surface area (Å²) in [5.41, 5.74) is 0.540. The smallest absolute Gasteiger partial charge is 0.318 e. The van der Waals surface area contributed by atoms with E-state index in [0.717, 1.165) is 36.8 Å². The Kier molecular flexibility index (Phi) is 7.39. The quantitative estimate of drug-likeness (QED) is 0.564. The number of rotatable bonds is 11. The highest BCUT2D eigenvalue weighted by Gasteiger charge is 2.41. The fraction of sp³-hybridized carbons (Fsp3) is 0.364. The molecule has 0 aromatic heterocycles. The maximum absolute atomic E-state index is 12.4. The van der Waals surface area contributed by atoms with Gasteiger partial charge in [0.05, 0.1) is 0 Å². The van der Waals surface area contributed by atoms with Crippen LogP contribution in [0.3, 0.4) is 0 Å². The molecule has 0 saturated carbocycles. The minimum absolute atomic E-state index is 0.201. The second-order valence-electron chi connectivity index (χ2n) is 6.60. The highest BCUT2D eigenvalue weighted by molar-refractivity contribution is 5.86. The molecule has 2 aromatic carbocycles. The molecular weight excluding hydrogens is 328 g/mol. The molecule has 0 saturated heterocycles. The first-order chi connectivity index (χ1) is 12.6. The first-order valence-corrected chi connectivity index (χ1v) is 9.13. The molecule has 26 heavy (non-hydrogen) atoms. The van der Waals surface area contributed by atoms with Crippen molar-refractivity contribution in [2.45, 2.75) is 50.4 Å². The summed E-state index contributed by atoms with van der Waals surface area (Å²) in [6, 6.07) is 18.8. The molecule has 0 bridgehead atoms. The fourth-order valence-corrected chi connectivity index (χ4v) is 3.45. The maximum atomic E-state index is 12.4. The Bertz CT molecular complexity index is 655. The lowest BCUT2D eigenvalue weighted by Gasteiger charge is -2.31. The van der Waals surface area contributed by atoms with Gasteiger partial charge in [0.1, 0.15) is 5.41 Å². The van der Waals surface area contributed by atoms with Crippen molar-refractivity contribution in [1.29, 1.82) is 0 Å². The predicted octanol–water partition coefficient (Wildman–Crippen LogP) is 4.87. The summed E-state index contributed by atoms with van der Waals surface area (Å²) < 4.78 is 0. The number of carboxylic acids is 2. The zero-order valence-electron chi connectivity index (χ0n) is 14.9. The molecule has 0 heterocycles. The Morgan fingerprint density at radius 3 is 1.62 bits per heavy atom. The summed E-state index contributed by atoms with van der Waals surface area (Å²) in [6.07, 6.45) is 4.87. The van der Waals surface area contributed by atoms with E-state index in [4.69, 9.17) is 5.11 Å². The van der Waals surface area contributed by atoms with E-state index in [2.05, 4.69) is 0 Å². The third kappa shape index (κ3) is 4.94. The van der Waals surface area contributed by atoms with Gasteiger partial charge in [0.2, 0.25) is 0 Å². The third-order valence-electron chi connectivity index (χ3n) is 4.84. The highest BCUT2D eigenvalue weighted by atomic mass is 16.4. The first kappa shape index (κ1) is 19.7. The summed E-state index contributed by atoms with van der Waals surface area (Å²) in [4.78, 5) is 22.9. The van der Waals surface area contributed by atoms with Gasteiger partial charge in [0.25, 0.3) is 0 Å². The summed E-state index contributed by atoms with van der Waals surface area (Å²) in [7, 11) is 0. The van der Waals surface area contributed by atoms with Crippen LogP contribution in [0.15, 0.2) is 60.7 Å². The van der Waals surface area contributed by atoms with Crippen molar-refractivity contribution in [3.05, 3.63) is 71.8 Å². The van der Waals surface area contributed by atoms with E-state index in [1.54, 1.807) is 0 Å². The summed E-state index contributed by atoms with van der Waals surface area (Å²) >= 11 is 0. The van der Waals surface area contributed by atoms with Crippen molar-refractivity contribution in [2.24, 2.45) is 0 Å². The Labute approximate surface area is 154 Å². The number of unbranched alkanes of at least 4 members (excludes halogenated alkanes) is 4. The fourth-order valence-electron chi connectivity index (χ4n) is 3.45. The van der Waals surface area contributed by atoms with Gasteiger partial charge in [0.15, 0.2) is 0 Å². The van der Waals surface area contributed by atoms with Crippen molar-refractivity contribution >= 4 is 11.9 Å². The lowest BCUT2D eigenvalue weighted by molar-refractivity contribution is -0.142. The molecule has 138 valence electrons. The van der Waals surface area contributed by atoms with Crippen LogP contribution < -0.4 is 0 Å². The lowest BCUT2D eigenvalue weighted by atomic mass is 9.71. The minimum Gasteiger partial charge on any atom is -0.481 e. The number of hydrogen-bond acceptors (Lipinski definition) is 2. The van der Waals surface area contributed by atoms with Crippen LogP contribution >= 0.6 is 0 Å². The molecule has 4 heteroatoms. The van der Waals surface area contributed by atoms with Crippen molar-refractivity contribution < 1.29 is 19.8 Å². The molecular formula is C22H26O4. The molecule has 0 aliphatic heterocycles. The van der Waals surface area contributed by atoms with E-state index in [1.165, 1.54) is 0 Å². The van der Waals surface area contributed by atoms with Crippen molar-refractivity contribution in [2.75, 3.05) is 0 Å². The second kappa shape index (κ2) is 9.76. The maximum Gasteiger partial charge on any atom is 0.318 e. The van der Waals surface area contributed by atoms with E-state index in [-0.39, 0.29) is 6.42 Å². The second-order valence-corrected chi connectivity index (χ2v) is 6.60. The number of hydrogen-bond donors (Lipinski definition) is 2. The Morgan fingerprint density at radius 2 is 1.15 bits per heavy atom. The molecule has 0 spiro atoms. The van der Waals surface area contributed by atoms with Gasteiger partial charge in [-0.15, -0.1) is 0 Å². The lowest BCUT2D eigenvalue weighted by Crippen LogP contribution is -2.37. The van der Waals surface area contributed by atoms with Gasteiger partial charge in [-0.05, 0) is 24.0 Å². The van der Waals surface area contributed by atoms with E-state index >= 15 is 0 Å². The normalized spacial score (nSPS) is 11.2. The molecule has 0 unspecified atom stereocenters. The average molecular weight is 354 g/mol. The molecule has 0 aliphatic rings. The Balaban J connectivity index is 2.12. The standard InChI is InChI=1S/C22H26O4/c23-20(24)16-10-2-1-3-11-17-22(21(25)26,18-12-6-4-7-13-18)19-14-8-5-9-15-19/h4-9,12-15H,1-3,10-11,16-17H2,(H,23,24)(H,25,26). The minimum atomic E-state index is -1.05. The number of benzene rings is 2. The topological polar surface area (TPSA) is 74.6 Å². The molecule has 0 radical (unpaired) electrons. The zero-order valence-corrected chi connectivity index (χ0v) is 14.9. The summed E-state index contributed by atoms with van der Waals surface area (Å²) in [6.45, 7) is 0. The molecule has 2 rings (SSSR count). The van der Waals surface area contributed by atoms with Crippen LogP contribution in [0.4, 0.5) is 0 Å². The van der Waals surface area contributed by atoms with Gasteiger partial charge in [-0.3, -0.25) is 9.59 Å². The SMILES string of the molecule is O=C(O)CCCCCCCC(C(=O)O)(c1ccccc1)c1ccccc1. The van der Waals surface area contributed by atoms with Gasteiger partial charge in [-0.2, -0.15) is 0 Å². The molecule has 2 N–H and O–H groups in total. The van der Waals surface area contributed by atoms with Crippen molar-refractivity contribution in [3.63, 3.8) is 0 Å². The Hall–Kier alpha value is -2.62. The van der Waals surface area contributed by atoms with Gasteiger partial charge in [-0.25, -0.2) is 0 Å². The van der Waals surface area contributed by atoms with Gasteiger partial charge < -0.3 is 10.2 Å². The summed E-state index contributed by atoms with van der Waals surface area (Å²) in [5, 5.41) is 18.8. The number of aliphatic carboxylic acids is 2. The zero-order chi connectivity index (χ0) is 18.8. The molecule has 0 aliphatic carbocycles. The van der Waals surface area contributed by atoms with Crippen LogP contribution in [-0.2, 0) is 15.0 Å². The van der Waals surface area contributed by atoms with Crippen LogP contribution in [0.1, 0.15) is 56.1 Å². The van der Waals surface area contributed by atoms with E-state index < -0.39 is 17.4 Å². The largest absolute Gasteiger partial charge is 0.481 e. The van der Waals surface area contributed by atoms with Crippen LogP contribution in [0.25, 0.3) is 0 Å². The molecule has 0 atom stereocenters. The number of carbonyl (C=O) groups is 2. The molecule has 4 nitrogen and oxygen atoms in total. The van der Waals surface area contributed by atoms with Crippen LogP contribution in [-0.4, -0.2) is 22.2 Å². The molecule has 0 fully saturated rings. The van der Waals surface area contributed by atoms with Gasteiger partial charge in [0, 0.05) is 6.42 Å². The van der Waals surface area contributed by atoms with Crippen molar-refractivity contribution in [1.82, 2.24) is 0 Å². The molecule has 0 amide bonds. The van der Waals surface area contributed by atoms with E-state index in [0.29, 0.717) is 12.8 Å². The molecule has 2 aromatic rings. The van der Waals surface area contributed by atoms with E-state index in [9.17, 15) is 14.7 Å². The average Bonchev–Trinajstić information content (AvgIpc) is 2.65.